The normalized spacial score (nSPS) is 17.5. The molecule has 0 aliphatic carbocycles. The highest BCUT2D eigenvalue weighted by Crippen LogP contribution is 2.34. The van der Waals surface area contributed by atoms with Gasteiger partial charge in [-0.1, -0.05) is 5.16 Å². The molecule has 6 nitrogen and oxygen atoms in total. The van der Waals surface area contributed by atoms with Crippen LogP contribution in [0.5, 0.6) is 0 Å². The summed E-state index contributed by atoms with van der Waals surface area (Å²) in [7, 11) is -3.69. The van der Waals surface area contributed by atoms with Gasteiger partial charge in [-0.3, -0.25) is 0 Å². The number of benzene rings is 2. The Hall–Kier alpha value is -2.40. The standard InChI is InChI=1S/C23H23F2N3O3S2/c1-14-19-11-15(24)5-7-22(19)32-23(14)33(29,30)27-17-8-10-28(13-17)9-2-3-20-18-6-4-16(25)12-21(18)31-26-20/h4-7,11-12,17,27H,2-3,8-10,13H2,1H3. The van der Waals surface area contributed by atoms with Crippen LogP contribution in [-0.2, 0) is 16.4 Å². The molecule has 1 unspecified atom stereocenters. The fourth-order valence-corrected chi connectivity index (χ4v) is 7.47. The molecule has 0 amide bonds. The minimum atomic E-state index is -3.69. The Bertz CT molecular complexity index is 1430. The van der Waals surface area contributed by atoms with Gasteiger partial charge in [0.15, 0.2) is 5.58 Å². The average molecular weight is 492 g/mol. The van der Waals surface area contributed by atoms with Gasteiger partial charge in [-0.15, -0.1) is 11.3 Å². The topological polar surface area (TPSA) is 75.4 Å². The van der Waals surface area contributed by atoms with E-state index in [1.807, 2.05) is 0 Å². The highest BCUT2D eigenvalue weighted by Gasteiger charge is 2.29. The summed E-state index contributed by atoms with van der Waals surface area (Å²) in [5, 5.41) is 5.51. The van der Waals surface area contributed by atoms with Gasteiger partial charge in [0.05, 0.1) is 5.69 Å². The molecule has 1 aliphatic heterocycles. The molecule has 33 heavy (non-hydrogen) atoms. The highest BCUT2D eigenvalue weighted by atomic mass is 32.2. The van der Waals surface area contributed by atoms with Crippen molar-refractivity contribution in [1.82, 2.24) is 14.8 Å². The molecule has 3 heterocycles. The first kappa shape index (κ1) is 22.4. The summed E-state index contributed by atoms with van der Waals surface area (Å²) < 4.78 is 62.0. The van der Waals surface area contributed by atoms with Crippen LogP contribution in [0.2, 0.25) is 0 Å². The smallest absolute Gasteiger partial charge is 0.250 e. The second-order valence-electron chi connectivity index (χ2n) is 8.44. The fourth-order valence-electron chi connectivity index (χ4n) is 4.45. The molecular formula is C23H23F2N3O3S2. The van der Waals surface area contributed by atoms with E-state index in [1.54, 1.807) is 19.1 Å². The van der Waals surface area contributed by atoms with Crippen LogP contribution >= 0.6 is 11.3 Å². The second kappa shape index (κ2) is 8.75. The molecule has 174 valence electrons. The van der Waals surface area contributed by atoms with Crippen LogP contribution in [0.4, 0.5) is 8.78 Å². The summed E-state index contributed by atoms with van der Waals surface area (Å²) in [5.41, 5.74) is 1.83. The van der Waals surface area contributed by atoms with Gasteiger partial charge in [0.2, 0.25) is 0 Å². The van der Waals surface area contributed by atoms with Crippen LogP contribution in [0.15, 0.2) is 45.1 Å². The van der Waals surface area contributed by atoms with Gasteiger partial charge in [-0.05, 0) is 80.6 Å². The lowest BCUT2D eigenvalue weighted by Crippen LogP contribution is -2.37. The molecule has 4 aromatic rings. The van der Waals surface area contributed by atoms with E-state index >= 15 is 0 Å². The molecule has 0 saturated carbocycles. The number of sulfonamides is 1. The summed E-state index contributed by atoms with van der Waals surface area (Å²) in [4.78, 5) is 2.22. The van der Waals surface area contributed by atoms with E-state index in [0.29, 0.717) is 29.5 Å². The summed E-state index contributed by atoms with van der Waals surface area (Å²) in [6, 6.07) is 8.58. The van der Waals surface area contributed by atoms with Gasteiger partial charge < -0.3 is 9.42 Å². The van der Waals surface area contributed by atoms with Crippen LogP contribution in [-0.4, -0.2) is 44.2 Å². The van der Waals surface area contributed by atoms with Gasteiger partial charge in [0, 0.05) is 28.7 Å². The van der Waals surface area contributed by atoms with E-state index in [1.165, 1.54) is 35.6 Å². The average Bonchev–Trinajstić information content (AvgIpc) is 3.46. The Labute approximate surface area is 194 Å². The zero-order valence-electron chi connectivity index (χ0n) is 18.0. The lowest BCUT2D eigenvalue weighted by Gasteiger charge is -2.16. The number of nitrogens with one attached hydrogen (secondary N) is 1. The first-order valence-corrected chi connectivity index (χ1v) is 13.1. The predicted octanol–water partition coefficient (Wildman–Crippen LogP) is 4.61. The molecule has 2 aromatic heterocycles. The molecular weight excluding hydrogens is 468 g/mol. The van der Waals surface area contributed by atoms with Crippen LogP contribution in [0, 0.1) is 18.6 Å². The third-order valence-corrected chi connectivity index (χ3v) is 9.50. The largest absolute Gasteiger partial charge is 0.356 e. The second-order valence-corrected chi connectivity index (χ2v) is 11.4. The molecule has 1 fully saturated rings. The molecule has 0 radical (unpaired) electrons. The first-order chi connectivity index (χ1) is 15.8. The number of rotatable bonds is 7. The van der Waals surface area contributed by atoms with Crippen molar-refractivity contribution in [2.24, 2.45) is 0 Å². The van der Waals surface area contributed by atoms with Crippen molar-refractivity contribution in [2.45, 2.75) is 36.4 Å². The maximum absolute atomic E-state index is 13.6. The molecule has 2 aromatic carbocycles. The number of hydrogen-bond acceptors (Lipinski definition) is 6. The molecule has 0 spiro atoms. The van der Waals surface area contributed by atoms with Gasteiger partial charge in [0.25, 0.3) is 10.0 Å². The SMILES string of the molecule is Cc1c(S(=O)(=O)NC2CCN(CCCc3noc4cc(F)ccc34)C2)sc2ccc(F)cc12. The fraction of sp³-hybridized carbons (Fsp3) is 0.348. The maximum atomic E-state index is 13.6. The van der Waals surface area contributed by atoms with E-state index in [9.17, 15) is 17.2 Å². The summed E-state index contributed by atoms with van der Waals surface area (Å²) in [5.74, 6) is -0.730. The number of fused-ring (bicyclic) bond motifs is 2. The molecule has 0 bridgehead atoms. The molecule has 1 saturated heterocycles. The number of hydrogen-bond donors (Lipinski definition) is 1. The van der Waals surface area contributed by atoms with Crippen molar-refractivity contribution in [3.63, 3.8) is 0 Å². The van der Waals surface area contributed by atoms with Crippen LogP contribution in [0.1, 0.15) is 24.1 Å². The minimum Gasteiger partial charge on any atom is -0.356 e. The molecule has 1 aliphatic rings. The third kappa shape index (κ3) is 4.52. The van der Waals surface area contributed by atoms with Gasteiger partial charge in [-0.2, -0.15) is 0 Å². The van der Waals surface area contributed by atoms with Crippen molar-refractivity contribution in [2.75, 3.05) is 19.6 Å². The summed E-state index contributed by atoms with van der Waals surface area (Å²) >= 11 is 1.17. The lowest BCUT2D eigenvalue weighted by atomic mass is 10.1. The van der Waals surface area contributed by atoms with Crippen molar-refractivity contribution < 1.29 is 21.7 Å². The third-order valence-electron chi connectivity index (χ3n) is 6.09. The Balaban J connectivity index is 1.18. The van der Waals surface area contributed by atoms with Gasteiger partial charge in [-0.25, -0.2) is 21.9 Å². The molecule has 1 N–H and O–H groups in total. The number of likely N-dealkylation sites (tertiary alicyclic amines) is 1. The lowest BCUT2D eigenvalue weighted by molar-refractivity contribution is 0.326. The van der Waals surface area contributed by atoms with Crippen LogP contribution in [0.25, 0.3) is 21.1 Å². The number of nitrogens with zero attached hydrogens (tertiary/aromatic N) is 2. The monoisotopic (exact) mass is 491 g/mol. The van der Waals surface area contributed by atoms with E-state index in [4.69, 9.17) is 4.52 Å². The van der Waals surface area contributed by atoms with Gasteiger partial charge >= 0.3 is 0 Å². The van der Waals surface area contributed by atoms with Crippen LogP contribution < -0.4 is 4.72 Å². The summed E-state index contributed by atoms with van der Waals surface area (Å²) in [6.45, 7) is 3.95. The van der Waals surface area contributed by atoms with E-state index in [0.717, 1.165) is 41.7 Å². The molecule has 1 atom stereocenters. The zero-order valence-corrected chi connectivity index (χ0v) is 19.6. The first-order valence-electron chi connectivity index (χ1n) is 10.8. The van der Waals surface area contributed by atoms with E-state index in [-0.39, 0.29) is 21.9 Å². The quantitative estimate of drug-likeness (QED) is 0.409. The number of halogens is 2. The molecule has 10 heteroatoms. The number of aromatic nitrogens is 1. The number of aryl methyl sites for hydroxylation is 2. The Morgan fingerprint density at radius 2 is 1.97 bits per heavy atom. The summed E-state index contributed by atoms with van der Waals surface area (Å²) in [6.07, 6.45) is 2.26. The van der Waals surface area contributed by atoms with E-state index < -0.39 is 10.0 Å². The maximum Gasteiger partial charge on any atom is 0.250 e. The zero-order chi connectivity index (χ0) is 23.2. The van der Waals surface area contributed by atoms with E-state index in [2.05, 4.69) is 14.8 Å². The van der Waals surface area contributed by atoms with Crippen molar-refractivity contribution in [3.05, 3.63) is 59.3 Å². The Kier molecular flexibility index (Phi) is 5.94. The predicted molar refractivity (Wildman–Crippen MR) is 124 cm³/mol. The number of thiophene rings is 1. The van der Waals surface area contributed by atoms with Crippen molar-refractivity contribution in [3.8, 4) is 0 Å². The Morgan fingerprint density at radius 1 is 1.18 bits per heavy atom. The highest BCUT2D eigenvalue weighted by molar-refractivity contribution is 7.91. The van der Waals surface area contributed by atoms with Crippen LogP contribution in [0.3, 0.4) is 0 Å². The van der Waals surface area contributed by atoms with Gasteiger partial charge in [0.1, 0.15) is 15.8 Å². The minimum absolute atomic E-state index is 0.174. The van der Waals surface area contributed by atoms with Crippen molar-refractivity contribution in [1.29, 1.82) is 0 Å². The molecule has 5 rings (SSSR count). The van der Waals surface area contributed by atoms with Crippen molar-refractivity contribution >= 4 is 42.4 Å². The Morgan fingerprint density at radius 3 is 2.82 bits per heavy atom.